The Morgan fingerprint density at radius 2 is 1.64 bits per heavy atom. The van der Waals surface area contributed by atoms with Crippen LogP contribution in [0.15, 0.2) is 60.7 Å². The molecular weight excluding hydrogens is 380 g/mol. The molecule has 3 aromatic rings. The first kappa shape index (κ1) is 18.1. The van der Waals surface area contributed by atoms with Crippen molar-refractivity contribution in [3.63, 3.8) is 0 Å². The van der Waals surface area contributed by atoms with E-state index < -0.39 is 11.9 Å². The highest BCUT2D eigenvalue weighted by molar-refractivity contribution is 6.30. The monoisotopic (exact) mass is 394 g/mol. The maximum atomic E-state index is 12.9. The number of halogens is 1. The van der Waals surface area contributed by atoms with Crippen molar-refractivity contribution in [3.8, 4) is 17.2 Å². The molecule has 4 rings (SSSR count). The van der Waals surface area contributed by atoms with Gasteiger partial charge in [-0.1, -0.05) is 23.7 Å². The SMILES string of the molecule is O=C1C[C@H](c2ccc(O)cc2)c2c(ccc(C(=O)c3ccc(Cl)cc3)c2O)O1. The van der Waals surface area contributed by atoms with Crippen molar-refractivity contribution in [2.75, 3.05) is 0 Å². The van der Waals surface area contributed by atoms with E-state index in [-0.39, 0.29) is 35.0 Å². The zero-order chi connectivity index (χ0) is 19.8. The Morgan fingerprint density at radius 1 is 0.964 bits per heavy atom. The van der Waals surface area contributed by atoms with Crippen molar-refractivity contribution >= 4 is 23.4 Å². The summed E-state index contributed by atoms with van der Waals surface area (Å²) in [5.74, 6) is -1.18. The number of aromatic hydroxyl groups is 2. The Morgan fingerprint density at radius 3 is 2.32 bits per heavy atom. The van der Waals surface area contributed by atoms with Crippen molar-refractivity contribution in [1.29, 1.82) is 0 Å². The lowest BCUT2D eigenvalue weighted by atomic mass is 9.84. The predicted octanol–water partition coefficient (Wildman–Crippen LogP) is 4.42. The molecule has 0 fully saturated rings. The minimum Gasteiger partial charge on any atom is -0.508 e. The average Bonchev–Trinajstić information content (AvgIpc) is 2.68. The summed E-state index contributed by atoms with van der Waals surface area (Å²) in [7, 11) is 0. The van der Waals surface area contributed by atoms with Crippen LogP contribution in [0, 0.1) is 0 Å². The molecule has 28 heavy (non-hydrogen) atoms. The van der Waals surface area contributed by atoms with Crippen LogP contribution in [0.1, 0.15) is 39.4 Å². The van der Waals surface area contributed by atoms with Gasteiger partial charge in [-0.3, -0.25) is 9.59 Å². The minimum absolute atomic E-state index is 0.0178. The van der Waals surface area contributed by atoms with Gasteiger partial charge >= 0.3 is 5.97 Å². The Labute approximate surface area is 165 Å². The van der Waals surface area contributed by atoms with Gasteiger partial charge in [0.15, 0.2) is 5.78 Å². The quantitative estimate of drug-likeness (QED) is 0.390. The summed E-state index contributed by atoms with van der Waals surface area (Å²) in [6.07, 6.45) is 0.0178. The molecule has 1 atom stereocenters. The normalized spacial score (nSPS) is 15.6. The molecule has 2 N–H and O–H groups in total. The number of phenols is 2. The van der Waals surface area contributed by atoms with E-state index in [0.29, 0.717) is 16.1 Å². The lowest BCUT2D eigenvalue weighted by Crippen LogP contribution is -2.21. The van der Waals surface area contributed by atoms with Gasteiger partial charge in [-0.25, -0.2) is 0 Å². The number of fused-ring (bicyclic) bond motifs is 1. The number of carbonyl (C=O) groups is 2. The third-order valence-corrected chi connectivity index (χ3v) is 5.02. The van der Waals surface area contributed by atoms with E-state index in [9.17, 15) is 19.8 Å². The Bertz CT molecular complexity index is 1070. The molecule has 6 heteroatoms. The van der Waals surface area contributed by atoms with E-state index in [4.69, 9.17) is 16.3 Å². The number of benzene rings is 3. The molecule has 0 amide bonds. The van der Waals surface area contributed by atoms with E-state index in [2.05, 4.69) is 0 Å². The lowest BCUT2D eigenvalue weighted by molar-refractivity contribution is -0.135. The van der Waals surface area contributed by atoms with Crippen molar-refractivity contribution in [2.45, 2.75) is 12.3 Å². The van der Waals surface area contributed by atoms with Crippen molar-refractivity contribution in [2.24, 2.45) is 0 Å². The van der Waals surface area contributed by atoms with Crippen LogP contribution in [-0.4, -0.2) is 22.0 Å². The number of carbonyl (C=O) groups excluding carboxylic acids is 2. The van der Waals surface area contributed by atoms with Crippen LogP contribution in [0.2, 0.25) is 5.02 Å². The molecule has 1 aliphatic heterocycles. The minimum atomic E-state index is -0.491. The third-order valence-electron chi connectivity index (χ3n) is 4.77. The maximum Gasteiger partial charge on any atom is 0.312 e. The first-order chi connectivity index (χ1) is 13.4. The molecule has 0 spiro atoms. The van der Waals surface area contributed by atoms with Gasteiger partial charge in [-0.05, 0) is 54.1 Å². The van der Waals surface area contributed by atoms with Crippen LogP contribution in [0.5, 0.6) is 17.2 Å². The highest BCUT2D eigenvalue weighted by Gasteiger charge is 2.33. The zero-order valence-electron chi connectivity index (χ0n) is 14.6. The van der Waals surface area contributed by atoms with Gasteiger partial charge in [-0.15, -0.1) is 0 Å². The molecular formula is C22H15ClO5. The Hall–Kier alpha value is -3.31. The smallest absolute Gasteiger partial charge is 0.312 e. The molecule has 0 bridgehead atoms. The number of rotatable bonds is 3. The highest BCUT2D eigenvalue weighted by atomic mass is 35.5. The second-order valence-corrected chi connectivity index (χ2v) is 6.97. The largest absolute Gasteiger partial charge is 0.508 e. The van der Waals surface area contributed by atoms with Crippen LogP contribution in [0.4, 0.5) is 0 Å². The molecule has 0 unspecified atom stereocenters. The Balaban J connectivity index is 1.82. The van der Waals surface area contributed by atoms with E-state index in [1.807, 2.05) is 0 Å². The fourth-order valence-corrected chi connectivity index (χ4v) is 3.51. The van der Waals surface area contributed by atoms with Crippen LogP contribution in [0.3, 0.4) is 0 Å². The summed E-state index contributed by atoms with van der Waals surface area (Å²) in [6, 6.07) is 15.7. The summed E-state index contributed by atoms with van der Waals surface area (Å²) in [6.45, 7) is 0. The lowest BCUT2D eigenvalue weighted by Gasteiger charge is -2.26. The third kappa shape index (κ3) is 3.21. The fourth-order valence-electron chi connectivity index (χ4n) is 3.38. The van der Waals surface area contributed by atoms with Crippen molar-refractivity contribution in [1.82, 2.24) is 0 Å². The van der Waals surface area contributed by atoms with Crippen LogP contribution < -0.4 is 4.74 Å². The molecule has 1 aliphatic rings. The summed E-state index contributed by atoms with van der Waals surface area (Å²) in [5.41, 5.74) is 1.60. The van der Waals surface area contributed by atoms with E-state index >= 15 is 0 Å². The molecule has 5 nitrogen and oxygen atoms in total. The highest BCUT2D eigenvalue weighted by Crippen LogP contribution is 2.45. The van der Waals surface area contributed by atoms with Crippen LogP contribution >= 0.6 is 11.6 Å². The molecule has 0 radical (unpaired) electrons. The van der Waals surface area contributed by atoms with Crippen molar-refractivity contribution in [3.05, 3.63) is 87.9 Å². The number of ketones is 1. The van der Waals surface area contributed by atoms with Crippen LogP contribution in [0.25, 0.3) is 0 Å². The van der Waals surface area contributed by atoms with Gasteiger partial charge in [0.05, 0.1) is 12.0 Å². The zero-order valence-corrected chi connectivity index (χ0v) is 15.3. The van der Waals surface area contributed by atoms with Gasteiger partial charge < -0.3 is 14.9 Å². The second kappa shape index (κ2) is 7.02. The van der Waals surface area contributed by atoms with Gasteiger partial charge in [0, 0.05) is 22.1 Å². The number of ether oxygens (including phenoxy) is 1. The number of phenolic OH excluding ortho intramolecular Hbond substituents is 2. The topological polar surface area (TPSA) is 83.8 Å². The number of hydrogen-bond acceptors (Lipinski definition) is 5. The number of hydrogen-bond donors (Lipinski definition) is 2. The fraction of sp³-hybridized carbons (Fsp3) is 0.0909. The van der Waals surface area contributed by atoms with Gasteiger partial charge in [0.1, 0.15) is 17.2 Å². The first-order valence-corrected chi connectivity index (χ1v) is 8.97. The molecule has 0 aromatic heterocycles. The van der Waals surface area contributed by atoms with Crippen LogP contribution in [-0.2, 0) is 4.79 Å². The second-order valence-electron chi connectivity index (χ2n) is 6.53. The Kier molecular flexibility index (Phi) is 4.53. The van der Waals surface area contributed by atoms with Gasteiger partial charge in [-0.2, -0.15) is 0 Å². The average molecular weight is 395 g/mol. The molecule has 0 saturated heterocycles. The number of esters is 1. The molecule has 140 valence electrons. The standard InChI is InChI=1S/C22H15ClO5/c23-14-5-1-13(2-6-14)21(26)16-9-10-18-20(22(16)27)17(11-19(25)28-18)12-3-7-15(24)8-4-12/h1-10,17,24,27H,11H2/t17-/m1/s1. The van der Waals surface area contributed by atoms with E-state index in [0.717, 1.165) is 5.56 Å². The predicted molar refractivity (Wildman–Crippen MR) is 103 cm³/mol. The summed E-state index contributed by atoms with van der Waals surface area (Å²) >= 11 is 5.87. The summed E-state index contributed by atoms with van der Waals surface area (Å²) in [4.78, 5) is 24.9. The van der Waals surface area contributed by atoms with E-state index in [1.54, 1.807) is 36.4 Å². The first-order valence-electron chi connectivity index (χ1n) is 8.60. The summed E-state index contributed by atoms with van der Waals surface area (Å²) in [5, 5.41) is 20.9. The van der Waals surface area contributed by atoms with Crippen molar-refractivity contribution < 1.29 is 24.5 Å². The van der Waals surface area contributed by atoms with E-state index in [1.165, 1.54) is 24.3 Å². The maximum absolute atomic E-state index is 12.9. The summed E-state index contributed by atoms with van der Waals surface area (Å²) < 4.78 is 5.27. The molecule has 1 heterocycles. The molecule has 0 aliphatic carbocycles. The van der Waals surface area contributed by atoms with Gasteiger partial charge in [0.25, 0.3) is 0 Å². The molecule has 3 aromatic carbocycles. The van der Waals surface area contributed by atoms with Gasteiger partial charge in [0.2, 0.25) is 0 Å². The molecule has 0 saturated carbocycles.